The van der Waals surface area contributed by atoms with E-state index in [2.05, 4.69) is 21.2 Å². The number of benzene rings is 2. The van der Waals surface area contributed by atoms with Gasteiger partial charge in [0.2, 0.25) is 0 Å². The second-order valence-electron chi connectivity index (χ2n) is 3.88. The van der Waals surface area contributed by atoms with E-state index in [0.717, 1.165) is 6.07 Å². The highest BCUT2D eigenvalue weighted by molar-refractivity contribution is 9.10. The van der Waals surface area contributed by atoms with Crippen molar-refractivity contribution in [3.05, 3.63) is 62.8 Å². The third-order valence-corrected chi connectivity index (χ3v) is 3.34. The SMILES string of the molecule is N#Cc1cc(NC(=O)c2cc(Br)ccc2Cl)ccc1F. The van der Waals surface area contributed by atoms with Crippen molar-refractivity contribution in [1.29, 1.82) is 5.26 Å². The summed E-state index contributed by atoms with van der Waals surface area (Å²) in [4.78, 5) is 12.1. The number of anilines is 1. The number of carbonyl (C=O) groups excluding carboxylic acids is 1. The van der Waals surface area contributed by atoms with Crippen LogP contribution in [0.2, 0.25) is 5.02 Å². The van der Waals surface area contributed by atoms with E-state index in [0.29, 0.717) is 15.2 Å². The molecule has 100 valence electrons. The average molecular weight is 354 g/mol. The van der Waals surface area contributed by atoms with E-state index in [-0.39, 0.29) is 11.1 Å². The van der Waals surface area contributed by atoms with Crippen molar-refractivity contribution < 1.29 is 9.18 Å². The quantitative estimate of drug-likeness (QED) is 0.872. The molecule has 0 atom stereocenters. The highest BCUT2D eigenvalue weighted by Gasteiger charge is 2.12. The lowest BCUT2D eigenvalue weighted by Gasteiger charge is -2.07. The number of hydrogen-bond donors (Lipinski definition) is 1. The van der Waals surface area contributed by atoms with Gasteiger partial charge < -0.3 is 5.32 Å². The minimum Gasteiger partial charge on any atom is -0.322 e. The minimum atomic E-state index is -0.633. The number of nitrogens with one attached hydrogen (secondary N) is 1. The molecule has 0 fully saturated rings. The Morgan fingerprint density at radius 2 is 2.05 bits per heavy atom. The van der Waals surface area contributed by atoms with Crippen LogP contribution in [-0.4, -0.2) is 5.91 Å². The number of nitriles is 1. The zero-order valence-corrected chi connectivity index (χ0v) is 12.3. The van der Waals surface area contributed by atoms with Gasteiger partial charge in [-0.1, -0.05) is 27.5 Å². The molecule has 1 amide bonds. The fourth-order valence-electron chi connectivity index (χ4n) is 1.56. The summed E-state index contributed by atoms with van der Waals surface area (Å²) >= 11 is 9.20. The first-order chi connectivity index (χ1) is 9.51. The molecule has 0 spiro atoms. The Hall–Kier alpha value is -1.90. The molecule has 2 aromatic carbocycles. The van der Waals surface area contributed by atoms with E-state index in [9.17, 15) is 9.18 Å². The normalized spacial score (nSPS) is 9.90. The lowest BCUT2D eigenvalue weighted by atomic mass is 10.1. The molecule has 0 aromatic heterocycles. The fourth-order valence-corrected chi connectivity index (χ4v) is 2.12. The molecule has 6 heteroatoms. The molecule has 0 saturated heterocycles. The Kier molecular flexibility index (Phi) is 4.38. The Morgan fingerprint density at radius 3 is 2.75 bits per heavy atom. The largest absolute Gasteiger partial charge is 0.322 e. The molecule has 0 aliphatic heterocycles. The van der Waals surface area contributed by atoms with Crippen LogP contribution in [0.1, 0.15) is 15.9 Å². The zero-order valence-electron chi connectivity index (χ0n) is 9.95. The van der Waals surface area contributed by atoms with E-state index in [1.165, 1.54) is 12.1 Å². The van der Waals surface area contributed by atoms with Crippen LogP contribution in [0, 0.1) is 17.1 Å². The molecule has 0 aliphatic rings. The summed E-state index contributed by atoms with van der Waals surface area (Å²) in [6, 6.07) is 10.3. The summed E-state index contributed by atoms with van der Waals surface area (Å²) in [5, 5.41) is 11.6. The Labute approximate surface area is 128 Å². The van der Waals surface area contributed by atoms with Crippen LogP contribution in [-0.2, 0) is 0 Å². The van der Waals surface area contributed by atoms with Crippen LogP contribution in [0.5, 0.6) is 0 Å². The second kappa shape index (κ2) is 6.04. The first-order valence-corrected chi connectivity index (χ1v) is 6.64. The molecule has 0 unspecified atom stereocenters. The standard InChI is InChI=1S/C14H7BrClFN2O/c15-9-1-3-12(16)11(6-9)14(20)19-10-2-4-13(17)8(5-10)7-18/h1-6H,(H,19,20). The highest BCUT2D eigenvalue weighted by Crippen LogP contribution is 2.22. The first kappa shape index (κ1) is 14.5. The molecule has 0 saturated carbocycles. The van der Waals surface area contributed by atoms with E-state index in [1.807, 2.05) is 0 Å². The molecule has 2 aromatic rings. The van der Waals surface area contributed by atoms with Gasteiger partial charge in [-0.25, -0.2) is 4.39 Å². The summed E-state index contributed by atoms with van der Waals surface area (Å²) in [5.74, 6) is -1.07. The Balaban J connectivity index is 2.28. The van der Waals surface area contributed by atoms with E-state index < -0.39 is 11.7 Å². The summed E-state index contributed by atoms with van der Waals surface area (Å²) in [5.41, 5.74) is 0.469. The van der Waals surface area contributed by atoms with Gasteiger partial charge in [0.25, 0.3) is 5.91 Å². The van der Waals surface area contributed by atoms with Crippen LogP contribution in [0.15, 0.2) is 40.9 Å². The van der Waals surface area contributed by atoms with Crippen molar-refractivity contribution in [2.24, 2.45) is 0 Å². The van der Waals surface area contributed by atoms with Crippen LogP contribution < -0.4 is 5.32 Å². The smallest absolute Gasteiger partial charge is 0.257 e. The molecule has 2 rings (SSSR count). The van der Waals surface area contributed by atoms with Gasteiger partial charge >= 0.3 is 0 Å². The molecular formula is C14H7BrClFN2O. The van der Waals surface area contributed by atoms with Gasteiger partial charge in [0.05, 0.1) is 16.1 Å². The van der Waals surface area contributed by atoms with Crippen molar-refractivity contribution >= 4 is 39.1 Å². The molecule has 0 radical (unpaired) electrons. The highest BCUT2D eigenvalue weighted by atomic mass is 79.9. The molecule has 0 aliphatic carbocycles. The van der Waals surface area contributed by atoms with Crippen molar-refractivity contribution in [3.63, 3.8) is 0 Å². The van der Waals surface area contributed by atoms with Crippen molar-refractivity contribution in [1.82, 2.24) is 0 Å². The fraction of sp³-hybridized carbons (Fsp3) is 0. The number of halogens is 3. The molecule has 1 N–H and O–H groups in total. The predicted molar refractivity (Wildman–Crippen MR) is 78.2 cm³/mol. The van der Waals surface area contributed by atoms with Crippen LogP contribution in [0.25, 0.3) is 0 Å². The Morgan fingerprint density at radius 1 is 1.30 bits per heavy atom. The van der Waals surface area contributed by atoms with Gasteiger partial charge in [0.15, 0.2) is 0 Å². The summed E-state index contributed by atoms with van der Waals surface area (Å²) in [7, 11) is 0. The number of amides is 1. The number of nitrogens with zero attached hydrogens (tertiary/aromatic N) is 1. The van der Waals surface area contributed by atoms with E-state index in [4.69, 9.17) is 16.9 Å². The zero-order chi connectivity index (χ0) is 14.7. The van der Waals surface area contributed by atoms with Gasteiger partial charge in [-0.3, -0.25) is 4.79 Å². The maximum absolute atomic E-state index is 13.2. The minimum absolute atomic E-state index is 0.136. The Bertz CT molecular complexity index is 728. The molecule has 0 bridgehead atoms. The van der Waals surface area contributed by atoms with Crippen LogP contribution in [0.3, 0.4) is 0 Å². The maximum Gasteiger partial charge on any atom is 0.257 e. The lowest BCUT2D eigenvalue weighted by molar-refractivity contribution is 0.102. The van der Waals surface area contributed by atoms with Gasteiger partial charge in [-0.05, 0) is 36.4 Å². The van der Waals surface area contributed by atoms with Crippen LogP contribution >= 0.6 is 27.5 Å². The first-order valence-electron chi connectivity index (χ1n) is 5.47. The second-order valence-corrected chi connectivity index (χ2v) is 5.21. The van der Waals surface area contributed by atoms with Crippen molar-refractivity contribution in [2.45, 2.75) is 0 Å². The van der Waals surface area contributed by atoms with Gasteiger partial charge in [0.1, 0.15) is 11.9 Å². The van der Waals surface area contributed by atoms with Gasteiger partial charge in [0, 0.05) is 10.2 Å². The predicted octanol–water partition coefficient (Wildman–Crippen LogP) is 4.37. The molecular weight excluding hydrogens is 347 g/mol. The summed E-state index contributed by atoms with van der Waals surface area (Å²) in [6.07, 6.45) is 0. The molecule has 20 heavy (non-hydrogen) atoms. The monoisotopic (exact) mass is 352 g/mol. The molecule has 3 nitrogen and oxygen atoms in total. The van der Waals surface area contributed by atoms with Crippen molar-refractivity contribution in [2.75, 3.05) is 5.32 Å². The topological polar surface area (TPSA) is 52.9 Å². The van der Waals surface area contributed by atoms with E-state index >= 15 is 0 Å². The lowest BCUT2D eigenvalue weighted by Crippen LogP contribution is -2.12. The van der Waals surface area contributed by atoms with Gasteiger partial charge in [-0.15, -0.1) is 0 Å². The maximum atomic E-state index is 13.2. The third kappa shape index (κ3) is 3.16. The van der Waals surface area contributed by atoms with Crippen LogP contribution in [0.4, 0.5) is 10.1 Å². The molecule has 0 heterocycles. The summed E-state index contributed by atoms with van der Waals surface area (Å²) < 4.78 is 13.9. The summed E-state index contributed by atoms with van der Waals surface area (Å²) in [6.45, 7) is 0. The van der Waals surface area contributed by atoms with Gasteiger partial charge in [-0.2, -0.15) is 5.26 Å². The van der Waals surface area contributed by atoms with E-state index in [1.54, 1.807) is 24.3 Å². The number of rotatable bonds is 2. The number of carbonyl (C=O) groups is 1. The average Bonchev–Trinajstić information content (AvgIpc) is 2.43. The van der Waals surface area contributed by atoms with Crippen molar-refractivity contribution in [3.8, 4) is 6.07 Å². The third-order valence-electron chi connectivity index (χ3n) is 2.52. The number of hydrogen-bond acceptors (Lipinski definition) is 2.